The largest absolute Gasteiger partial charge is 0.313 e. The van der Waals surface area contributed by atoms with Crippen molar-refractivity contribution in [1.82, 2.24) is 10.2 Å². The van der Waals surface area contributed by atoms with Crippen LogP contribution in [0, 0.1) is 5.41 Å². The molecule has 1 saturated carbocycles. The lowest BCUT2D eigenvalue weighted by Crippen LogP contribution is -2.51. The maximum Gasteiger partial charge on any atom is 0.0218 e. The molecular weight excluding hydrogens is 220 g/mol. The van der Waals surface area contributed by atoms with E-state index in [1.165, 1.54) is 58.0 Å². The second-order valence-corrected chi connectivity index (χ2v) is 6.68. The van der Waals surface area contributed by atoms with Gasteiger partial charge in [0, 0.05) is 12.1 Å². The molecule has 0 radical (unpaired) electrons. The van der Waals surface area contributed by atoms with Crippen LogP contribution in [0.4, 0.5) is 0 Å². The van der Waals surface area contributed by atoms with Crippen LogP contribution in [-0.4, -0.2) is 36.6 Å². The minimum atomic E-state index is 0.621. The summed E-state index contributed by atoms with van der Waals surface area (Å²) in [6.45, 7) is 10.7. The van der Waals surface area contributed by atoms with Gasteiger partial charge < -0.3 is 5.32 Å². The molecule has 0 aromatic carbocycles. The second-order valence-electron chi connectivity index (χ2n) is 6.68. The van der Waals surface area contributed by atoms with E-state index in [0.29, 0.717) is 12.1 Å². The molecule has 2 fully saturated rings. The molecule has 1 heterocycles. The predicted octanol–water partition coefficient (Wildman–Crippen LogP) is 3.42. The summed E-state index contributed by atoms with van der Waals surface area (Å²) in [4.78, 5) is 2.72. The highest BCUT2D eigenvalue weighted by Gasteiger charge is 2.36. The first-order valence-corrected chi connectivity index (χ1v) is 8.14. The normalized spacial score (nSPS) is 28.2. The van der Waals surface area contributed by atoms with E-state index in [0.717, 1.165) is 12.0 Å². The van der Waals surface area contributed by atoms with E-state index in [1.807, 2.05) is 0 Å². The monoisotopic (exact) mass is 252 g/mol. The molecule has 1 N–H and O–H groups in total. The highest BCUT2D eigenvalue weighted by Crippen LogP contribution is 2.44. The maximum atomic E-state index is 3.57. The molecular formula is C16H32N2. The first-order valence-electron chi connectivity index (χ1n) is 8.14. The Morgan fingerprint density at radius 1 is 1.00 bits per heavy atom. The third kappa shape index (κ3) is 3.27. The topological polar surface area (TPSA) is 15.3 Å². The van der Waals surface area contributed by atoms with Crippen LogP contribution in [0.5, 0.6) is 0 Å². The lowest BCUT2D eigenvalue weighted by atomic mass is 9.68. The van der Waals surface area contributed by atoms with Gasteiger partial charge in [-0.05, 0) is 64.6 Å². The van der Waals surface area contributed by atoms with E-state index in [4.69, 9.17) is 0 Å². The van der Waals surface area contributed by atoms with E-state index >= 15 is 0 Å². The van der Waals surface area contributed by atoms with Gasteiger partial charge in [0.1, 0.15) is 0 Å². The zero-order valence-electron chi connectivity index (χ0n) is 12.7. The second kappa shape index (κ2) is 6.38. The lowest BCUT2D eigenvalue weighted by molar-refractivity contribution is 0.0413. The number of piperidine rings is 1. The van der Waals surface area contributed by atoms with Gasteiger partial charge in [-0.25, -0.2) is 0 Å². The van der Waals surface area contributed by atoms with Gasteiger partial charge in [-0.15, -0.1) is 0 Å². The molecule has 1 aliphatic heterocycles. The molecule has 2 nitrogen and oxygen atoms in total. The molecule has 0 bridgehead atoms. The van der Waals surface area contributed by atoms with E-state index in [-0.39, 0.29) is 0 Å². The minimum absolute atomic E-state index is 0.621. The summed E-state index contributed by atoms with van der Waals surface area (Å²) in [6.07, 6.45) is 10.4. The molecule has 2 rings (SSSR count). The van der Waals surface area contributed by atoms with Gasteiger partial charge in [0.25, 0.3) is 0 Å². The summed E-state index contributed by atoms with van der Waals surface area (Å²) in [5.41, 5.74) is 0.746. The smallest absolute Gasteiger partial charge is 0.0218 e. The molecule has 106 valence electrons. The number of nitrogens with zero attached hydrogens (tertiary/aromatic N) is 1. The number of likely N-dealkylation sites (N-methyl/N-ethyl adjacent to an activating group) is 1. The number of likely N-dealkylation sites (tertiary alicyclic amines) is 1. The van der Waals surface area contributed by atoms with Crippen LogP contribution < -0.4 is 5.32 Å². The fourth-order valence-electron chi connectivity index (χ4n) is 4.02. The average Bonchev–Trinajstić information content (AvgIpc) is 2.40. The van der Waals surface area contributed by atoms with Gasteiger partial charge in [-0.2, -0.15) is 0 Å². The predicted molar refractivity (Wildman–Crippen MR) is 78.9 cm³/mol. The minimum Gasteiger partial charge on any atom is -0.313 e. The highest BCUT2D eigenvalue weighted by molar-refractivity contribution is 4.90. The Labute approximate surface area is 114 Å². The molecule has 2 atom stereocenters. The van der Waals surface area contributed by atoms with E-state index < -0.39 is 0 Å². The summed E-state index contributed by atoms with van der Waals surface area (Å²) in [5, 5.41) is 3.57. The average molecular weight is 252 g/mol. The van der Waals surface area contributed by atoms with Crippen LogP contribution in [0.15, 0.2) is 0 Å². The van der Waals surface area contributed by atoms with Crippen molar-refractivity contribution in [2.24, 2.45) is 5.41 Å². The quantitative estimate of drug-likeness (QED) is 0.825. The first kappa shape index (κ1) is 14.3. The van der Waals surface area contributed by atoms with Crippen molar-refractivity contribution in [3.63, 3.8) is 0 Å². The van der Waals surface area contributed by atoms with Gasteiger partial charge in [-0.1, -0.05) is 26.2 Å². The molecule has 18 heavy (non-hydrogen) atoms. The summed E-state index contributed by atoms with van der Waals surface area (Å²) in [7, 11) is 0. The SMILES string of the molecule is CCNC(C)C(C)N1CCC2(CCCCC2)CC1. The zero-order chi connectivity index (χ0) is 13.0. The lowest BCUT2D eigenvalue weighted by Gasteiger charge is -2.47. The molecule has 0 amide bonds. The van der Waals surface area contributed by atoms with Crippen molar-refractivity contribution in [1.29, 1.82) is 0 Å². The summed E-state index contributed by atoms with van der Waals surface area (Å²) in [5.74, 6) is 0. The fraction of sp³-hybridized carbons (Fsp3) is 1.00. The first-order chi connectivity index (χ1) is 8.67. The Bertz CT molecular complexity index is 235. The van der Waals surface area contributed by atoms with E-state index in [2.05, 4.69) is 31.0 Å². The summed E-state index contributed by atoms with van der Waals surface area (Å²) >= 11 is 0. The van der Waals surface area contributed by atoms with Gasteiger partial charge in [0.2, 0.25) is 0 Å². The van der Waals surface area contributed by atoms with Crippen LogP contribution >= 0.6 is 0 Å². The number of nitrogens with one attached hydrogen (secondary N) is 1. The number of rotatable bonds is 4. The van der Waals surface area contributed by atoms with Gasteiger partial charge in [-0.3, -0.25) is 4.90 Å². The third-order valence-electron chi connectivity index (χ3n) is 5.60. The molecule has 2 heteroatoms. The third-order valence-corrected chi connectivity index (χ3v) is 5.60. The molecule has 2 unspecified atom stereocenters. The van der Waals surface area contributed by atoms with Crippen LogP contribution in [0.2, 0.25) is 0 Å². The van der Waals surface area contributed by atoms with Crippen molar-refractivity contribution in [3.8, 4) is 0 Å². The molecule has 0 aromatic rings. The van der Waals surface area contributed by atoms with Crippen molar-refractivity contribution < 1.29 is 0 Å². The van der Waals surface area contributed by atoms with E-state index in [9.17, 15) is 0 Å². The molecule has 1 spiro atoms. The number of hydrogen-bond acceptors (Lipinski definition) is 2. The Morgan fingerprint density at radius 3 is 2.17 bits per heavy atom. The fourth-order valence-corrected chi connectivity index (χ4v) is 4.02. The molecule has 2 aliphatic rings. The maximum absolute atomic E-state index is 3.57. The standard InChI is InChI=1S/C16H32N2/c1-4-17-14(2)15(3)18-12-10-16(11-13-18)8-6-5-7-9-16/h14-15,17H,4-13H2,1-3H3. The Hall–Kier alpha value is -0.0800. The van der Waals surface area contributed by atoms with Crippen LogP contribution in [0.1, 0.15) is 65.7 Å². The van der Waals surface area contributed by atoms with Crippen LogP contribution in [0.25, 0.3) is 0 Å². The summed E-state index contributed by atoms with van der Waals surface area (Å²) in [6, 6.07) is 1.31. The van der Waals surface area contributed by atoms with Crippen LogP contribution in [-0.2, 0) is 0 Å². The van der Waals surface area contributed by atoms with Crippen molar-refractivity contribution >= 4 is 0 Å². The zero-order valence-corrected chi connectivity index (χ0v) is 12.7. The highest BCUT2D eigenvalue weighted by atomic mass is 15.2. The van der Waals surface area contributed by atoms with E-state index in [1.54, 1.807) is 0 Å². The Balaban J connectivity index is 1.82. The van der Waals surface area contributed by atoms with Gasteiger partial charge in [0.15, 0.2) is 0 Å². The molecule has 1 aliphatic carbocycles. The van der Waals surface area contributed by atoms with Gasteiger partial charge in [0.05, 0.1) is 0 Å². The number of hydrogen-bond donors (Lipinski definition) is 1. The van der Waals surface area contributed by atoms with Gasteiger partial charge >= 0.3 is 0 Å². The molecule has 1 saturated heterocycles. The molecule has 0 aromatic heterocycles. The van der Waals surface area contributed by atoms with Crippen LogP contribution in [0.3, 0.4) is 0 Å². The summed E-state index contributed by atoms with van der Waals surface area (Å²) < 4.78 is 0. The van der Waals surface area contributed by atoms with Crippen molar-refractivity contribution in [3.05, 3.63) is 0 Å². The van der Waals surface area contributed by atoms with Crippen molar-refractivity contribution in [2.45, 2.75) is 77.8 Å². The Kier molecular flexibility index (Phi) is 5.08. The Morgan fingerprint density at radius 2 is 1.61 bits per heavy atom. The van der Waals surface area contributed by atoms with Crippen molar-refractivity contribution in [2.75, 3.05) is 19.6 Å².